The van der Waals surface area contributed by atoms with Crippen LogP contribution in [0.4, 0.5) is 0 Å². The lowest BCUT2D eigenvalue weighted by Gasteiger charge is -1.86. The standard InChI is InChI=1S/C7H5ClN2O.ClH/c8-10-6-4-2-1-3-5(6)9-7(10)11;/h1-4H,(H,9,11);1H. The molecule has 0 radical (unpaired) electrons. The molecule has 0 aliphatic rings. The molecule has 2 aromatic rings. The molecule has 0 atom stereocenters. The third kappa shape index (κ3) is 1.21. The number of benzene rings is 1. The summed E-state index contributed by atoms with van der Waals surface area (Å²) in [6.07, 6.45) is 0. The summed E-state index contributed by atoms with van der Waals surface area (Å²) in [5.74, 6) is 0. The van der Waals surface area contributed by atoms with Crippen molar-refractivity contribution in [3.05, 3.63) is 34.7 Å². The summed E-state index contributed by atoms with van der Waals surface area (Å²) in [5, 5.41) is 0. The number of nitrogens with one attached hydrogen (secondary N) is 1. The van der Waals surface area contributed by atoms with Crippen molar-refractivity contribution in [1.82, 2.24) is 9.07 Å². The first kappa shape index (κ1) is 9.16. The maximum Gasteiger partial charge on any atom is 0.341 e. The van der Waals surface area contributed by atoms with E-state index in [4.69, 9.17) is 11.8 Å². The second kappa shape index (κ2) is 3.21. The van der Waals surface area contributed by atoms with Crippen LogP contribution in [-0.2, 0) is 0 Å². The van der Waals surface area contributed by atoms with Gasteiger partial charge in [0.25, 0.3) is 0 Å². The van der Waals surface area contributed by atoms with Gasteiger partial charge >= 0.3 is 5.69 Å². The lowest BCUT2D eigenvalue weighted by Crippen LogP contribution is -2.07. The highest BCUT2D eigenvalue weighted by molar-refractivity contribution is 6.18. The Balaban J connectivity index is 0.000000720. The lowest BCUT2D eigenvalue weighted by atomic mass is 10.3. The molecule has 0 aliphatic carbocycles. The first-order valence-corrected chi connectivity index (χ1v) is 3.49. The highest BCUT2D eigenvalue weighted by Crippen LogP contribution is 2.08. The van der Waals surface area contributed by atoms with Crippen molar-refractivity contribution < 1.29 is 0 Å². The van der Waals surface area contributed by atoms with Gasteiger partial charge in [-0.3, -0.25) is 0 Å². The largest absolute Gasteiger partial charge is 0.341 e. The highest BCUT2D eigenvalue weighted by atomic mass is 35.5. The minimum atomic E-state index is -0.298. The van der Waals surface area contributed by atoms with E-state index in [9.17, 15) is 4.79 Å². The quantitative estimate of drug-likeness (QED) is 0.698. The number of para-hydroxylation sites is 2. The molecule has 0 saturated carbocycles. The molecule has 0 fully saturated rings. The summed E-state index contributed by atoms with van der Waals surface area (Å²) in [7, 11) is 0. The number of halogens is 2. The van der Waals surface area contributed by atoms with Crippen LogP contribution in [0.3, 0.4) is 0 Å². The first-order valence-electron chi connectivity index (χ1n) is 3.15. The van der Waals surface area contributed by atoms with Crippen LogP contribution in [0.15, 0.2) is 29.1 Å². The van der Waals surface area contributed by atoms with Crippen LogP contribution >= 0.6 is 24.2 Å². The van der Waals surface area contributed by atoms with E-state index in [1.165, 1.54) is 0 Å². The Morgan fingerprint density at radius 1 is 1.33 bits per heavy atom. The van der Waals surface area contributed by atoms with E-state index in [0.29, 0.717) is 5.52 Å². The van der Waals surface area contributed by atoms with Crippen molar-refractivity contribution in [3.8, 4) is 0 Å². The van der Waals surface area contributed by atoms with E-state index in [1.54, 1.807) is 12.1 Å². The predicted molar refractivity (Wildman–Crippen MR) is 51.1 cm³/mol. The van der Waals surface area contributed by atoms with E-state index >= 15 is 0 Å². The lowest BCUT2D eigenvalue weighted by molar-refractivity contribution is 1.14. The van der Waals surface area contributed by atoms with Gasteiger partial charge < -0.3 is 4.98 Å². The van der Waals surface area contributed by atoms with Crippen molar-refractivity contribution >= 4 is 35.2 Å². The van der Waals surface area contributed by atoms with Gasteiger partial charge in [-0.05, 0) is 12.1 Å². The molecule has 0 spiro atoms. The smallest absolute Gasteiger partial charge is 0.304 e. The van der Waals surface area contributed by atoms with Crippen molar-refractivity contribution in [2.75, 3.05) is 0 Å². The van der Waals surface area contributed by atoms with Gasteiger partial charge in [0.15, 0.2) is 0 Å². The van der Waals surface area contributed by atoms with E-state index in [0.717, 1.165) is 9.60 Å². The van der Waals surface area contributed by atoms with Crippen LogP contribution in [0.5, 0.6) is 0 Å². The number of imidazole rings is 1. The maximum absolute atomic E-state index is 10.9. The van der Waals surface area contributed by atoms with E-state index in [2.05, 4.69) is 4.98 Å². The van der Waals surface area contributed by atoms with Gasteiger partial charge in [-0.1, -0.05) is 12.1 Å². The number of aromatic nitrogens is 2. The highest BCUT2D eigenvalue weighted by Gasteiger charge is 2.00. The molecule has 1 heterocycles. The second-order valence-electron chi connectivity index (χ2n) is 2.23. The third-order valence-electron chi connectivity index (χ3n) is 1.54. The Morgan fingerprint density at radius 2 is 2.00 bits per heavy atom. The van der Waals surface area contributed by atoms with Gasteiger partial charge in [-0.25, -0.2) is 8.88 Å². The molecule has 3 nitrogen and oxygen atoms in total. The van der Waals surface area contributed by atoms with Crippen molar-refractivity contribution in [3.63, 3.8) is 0 Å². The van der Waals surface area contributed by atoms with Gasteiger partial charge in [0, 0.05) is 11.8 Å². The molecule has 1 aromatic carbocycles. The maximum atomic E-state index is 10.9. The van der Waals surface area contributed by atoms with Crippen LogP contribution in [0.2, 0.25) is 0 Å². The molecule has 5 heteroatoms. The van der Waals surface area contributed by atoms with Crippen LogP contribution in [0, 0.1) is 0 Å². The summed E-state index contributed by atoms with van der Waals surface area (Å²) in [4.78, 5) is 13.5. The molecule has 1 N–H and O–H groups in total. The SMILES string of the molecule is Cl.O=c1[nH]c2ccccc2n1Cl. The Hall–Kier alpha value is -0.930. The first-order chi connectivity index (χ1) is 5.29. The Morgan fingerprint density at radius 3 is 2.67 bits per heavy atom. The number of aromatic amines is 1. The monoisotopic (exact) mass is 204 g/mol. The fourth-order valence-electron chi connectivity index (χ4n) is 1.02. The Labute approximate surface area is 79.5 Å². The molecule has 12 heavy (non-hydrogen) atoms. The number of rotatable bonds is 0. The van der Waals surface area contributed by atoms with E-state index in [-0.39, 0.29) is 18.1 Å². The predicted octanol–water partition coefficient (Wildman–Crippen LogP) is 1.75. The fourth-order valence-corrected chi connectivity index (χ4v) is 1.21. The molecular formula is C7H6Cl2N2O. The van der Waals surface area contributed by atoms with Gasteiger partial charge in [0.2, 0.25) is 0 Å². The Kier molecular flexibility index (Phi) is 2.45. The number of fused-ring (bicyclic) bond motifs is 1. The summed E-state index contributed by atoms with van der Waals surface area (Å²) < 4.78 is 1.06. The molecule has 2 rings (SSSR count). The Bertz CT molecular complexity index is 446. The number of hydrogen-bond acceptors (Lipinski definition) is 1. The number of hydrogen-bond donors (Lipinski definition) is 1. The molecule has 0 aliphatic heterocycles. The number of H-pyrrole nitrogens is 1. The molecule has 0 bridgehead atoms. The van der Waals surface area contributed by atoms with E-state index < -0.39 is 0 Å². The minimum absolute atomic E-state index is 0. The van der Waals surface area contributed by atoms with Gasteiger partial charge in [0.05, 0.1) is 11.0 Å². The normalized spacial score (nSPS) is 9.75. The molecular weight excluding hydrogens is 199 g/mol. The topological polar surface area (TPSA) is 37.8 Å². The van der Waals surface area contributed by atoms with E-state index in [1.807, 2.05) is 12.1 Å². The molecule has 0 amide bonds. The fraction of sp³-hybridized carbons (Fsp3) is 0. The summed E-state index contributed by atoms with van der Waals surface area (Å²) in [6, 6.07) is 7.25. The zero-order chi connectivity index (χ0) is 7.84. The summed E-state index contributed by atoms with van der Waals surface area (Å²) in [6.45, 7) is 0. The summed E-state index contributed by atoms with van der Waals surface area (Å²) >= 11 is 5.61. The average Bonchev–Trinajstić information content (AvgIpc) is 2.30. The van der Waals surface area contributed by atoms with Crippen molar-refractivity contribution in [2.24, 2.45) is 0 Å². The van der Waals surface area contributed by atoms with Crippen LogP contribution in [0.1, 0.15) is 0 Å². The molecule has 0 saturated heterocycles. The molecule has 1 aromatic heterocycles. The zero-order valence-corrected chi connectivity index (χ0v) is 7.52. The summed E-state index contributed by atoms with van der Waals surface area (Å²) in [5.41, 5.74) is 1.17. The second-order valence-corrected chi connectivity index (χ2v) is 2.57. The van der Waals surface area contributed by atoms with Crippen LogP contribution in [-0.4, -0.2) is 9.07 Å². The third-order valence-corrected chi connectivity index (χ3v) is 1.87. The minimum Gasteiger partial charge on any atom is -0.304 e. The van der Waals surface area contributed by atoms with Gasteiger partial charge in [-0.15, -0.1) is 12.4 Å². The van der Waals surface area contributed by atoms with Crippen molar-refractivity contribution in [2.45, 2.75) is 0 Å². The molecule has 0 unspecified atom stereocenters. The van der Waals surface area contributed by atoms with Gasteiger partial charge in [0.1, 0.15) is 0 Å². The zero-order valence-electron chi connectivity index (χ0n) is 5.95. The van der Waals surface area contributed by atoms with Crippen LogP contribution < -0.4 is 5.69 Å². The van der Waals surface area contributed by atoms with Crippen molar-refractivity contribution in [1.29, 1.82) is 0 Å². The molecule has 64 valence electrons. The number of nitrogens with zero attached hydrogens (tertiary/aromatic N) is 1. The average molecular weight is 205 g/mol. The van der Waals surface area contributed by atoms with Gasteiger partial charge in [-0.2, -0.15) is 0 Å². The van der Waals surface area contributed by atoms with Crippen LogP contribution in [0.25, 0.3) is 11.0 Å².